The third-order valence-corrected chi connectivity index (χ3v) is 7.15. The fraction of sp³-hybridized carbons (Fsp3) is 0.161. The van der Waals surface area contributed by atoms with Crippen molar-refractivity contribution in [3.05, 3.63) is 113 Å². The number of anilines is 1. The number of hydrogen-bond acceptors (Lipinski definition) is 5. The molecule has 1 aliphatic carbocycles. The number of fused-ring (bicyclic) bond motifs is 3. The smallest absolute Gasteiger partial charge is 0.322 e. The maximum Gasteiger partial charge on any atom is 0.416 e. The number of imidazole rings is 1. The maximum absolute atomic E-state index is 13.8. The van der Waals surface area contributed by atoms with Crippen LogP contribution >= 0.6 is 0 Å². The summed E-state index contributed by atoms with van der Waals surface area (Å²) in [5.74, 6) is -0.648. The van der Waals surface area contributed by atoms with E-state index in [9.17, 15) is 18.0 Å². The summed E-state index contributed by atoms with van der Waals surface area (Å²) in [5, 5.41) is 5.74. The maximum atomic E-state index is 13.8. The van der Waals surface area contributed by atoms with Gasteiger partial charge in [0.15, 0.2) is 0 Å². The van der Waals surface area contributed by atoms with Gasteiger partial charge in [-0.15, -0.1) is 0 Å². The molecule has 0 unspecified atom stereocenters. The highest BCUT2D eigenvalue weighted by atomic mass is 19.4. The second-order valence-electron chi connectivity index (χ2n) is 9.98. The van der Waals surface area contributed by atoms with Gasteiger partial charge in [0.1, 0.15) is 6.33 Å². The van der Waals surface area contributed by atoms with Gasteiger partial charge in [0.05, 0.1) is 23.3 Å². The molecule has 7 nitrogen and oxygen atoms in total. The summed E-state index contributed by atoms with van der Waals surface area (Å²) in [6, 6.07) is 14.9. The number of rotatable bonds is 6. The molecule has 2 N–H and O–H groups in total. The van der Waals surface area contributed by atoms with Gasteiger partial charge in [-0.1, -0.05) is 24.3 Å². The zero-order valence-electron chi connectivity index (χ0n) is 22.3. The molecule has 6 rings (SSSR count). The van der Waals surface area contributed by atoms with Crippen LogP contribution in [-0.2, 0) is 19.1 Å². The quantitative estimate of drug-likeness (QED) is 0.256. The number of alkyl halides is 3. The topological polar surface area (TPSA) is 84.7 Å². The van der Waals surface area contributed by atoms with Gasteiger partial charge < -0.3 is 15.2 Å². The van der Waals surface area contributed by atoms with Crippen molar-refractivity contribution in [2.75, 3.05) is 12.4 Å². The molecule has 206 valence electrons. The number of amides is 1. The van der Waals surface area contributed by atoms with Crippen LogP contribution in [0.15, 0.2) is 79.6 Å². The summed E-state index contributed by atoms with van der Waals surface area (Å²) in [7, 11) is 1.75. The van der Waals surface area contributed by atoms with E-state index in [1.807, 2.05) is 37.4 Å². The molecule has 0 atom stereocenters. The lowest BCUT2D eigenvalue weighted by Crippen LogP contribution is -2.15. The summed E-state index contributed by atoms with van der Waals surface area (Å²) in [6.07, 6.45) is 2.50. The number of nitrogens with zero attached hydrogens (tertiary/aromatic N) is 4. The molecule has 0 saturated carbocycles. The number of aryl methyl sites for hydroxylation is 1. The van der Waals surface area contributed by atoms with E-state index < -0.39 is 17.6 Å². The lowest BCUT2D eigenvalue weighted by molar-refractivity contribution is -0.137. The summed E-state index contributed by atoms with van der Waals surface area (Å²) >= 11 is 0. The average Bonchev–Trinajstić information content (AvgIpc) is 3.58. The van der Waals surface area contributed by atoms with Crippen molar-refractivity contribution in [3.8, 4) is 27.9 Å². The highest BCUT2D eigenvalue weighted by Crippen LogP contribution is 2.38. The highest BCUT2D eigenvalue weighted by molar-refractivity contribution is 6.05. The summed E-state index contributed by atoms with van der Waals surface area (Å²) in [6.45, 7) is 2.43. The van der Waals surface area contributed by atoms with Crippen LogP contribution in [-0.4, -0.2) is 32.5 Å². The first-order valence-electron chi connectivity index (χ1n) is 12.9. The van der Waals surface area contributed by atoms with Crippen molar-refractivity contribution in [2.24, 2.45) is 0 Å². The van der Waals surface area contributed by atoms with Crippen LogP contribution < -0.4 is 10.6 Å². The van der Waals surface area contributed by atoms with Gasteiger partial charge in [-0.05, 0) is 72.1 Å². The number of halogens is 3. The summed E-state index contributed by atoms with van der Waals surface area (Å²) < 4.78 is 42.8. The van der Waals surface area contributed by atoms with Crippen LogP contribution in [0, 0.1) is 6.92 Å². The molecule has 0 aliphatic heterocycles. The fourth-order valence-electron chi connectivity index (χ4n) is 5.12. The van der Waals surface area contributed by atoms with Crippen molar-refractivity contribution in [1.82, 2.24) is 24.8 Å². The van der Waals surface area contributed by atoms with E-state index in [0.717, 1.165) is 51.2 Å². The highest BCUT2D eigenvalue weighted by Gasteiger charge is 2.32. The van der Waals surface area contributed by atoms with E-state index in [1.165, 1.54) is 17.0 Å². The van der Waals surface area contributed by atoms with Crippen molar-refractivity contribution in [2.45, 2.75) is 26.1 Å². The van der Waals surface area contributed by atoms with E-state index >= 15 is 0 Å². The summed E-state index contributed by atoms with van der Waals surface area (Å²) in [4.78, 5) is 26.0. The lowest BCUT2D eigenvalue weighted by Gasteiger charge is -2.14. The predicted octanol–water partition coefficient (Wildman–Crippen LogP) is 6.20. The Labute approximate surface area is 234 Å². The van der Waals surface area contributed by atoms with Gasteiger partial charge >= 0.3 is 6.18 Å². The van der Waals surface area contributed by atoms with Crippen LogP contribution in [0.4, 0.5) is 18.9 Å². The molecule has 5 aromatic rings. The molecule has 10 heteroatoms. The Morgan fingerprint density at radius 3 is 2.66 bits per heavy atom. The Bertz CT molecular complexity index is 1790. The molecule has 3 aromatic carbocycles. The molecular formula is C31H25F3N6O. The molecule has 2 aromatic heterocycles. The molecule has 2 heterocycles. The number of carbonyl (C=O) groups excluding carboxylic acids is 1. The zero-order chi connectivity index (χ0) is 28.7. The first-order valence-corrected chi connectivity index (χ1v) is 12.9. The molecule has 0 spiro atoms. The SMILES string of the molecule is CNCc1cn(-c2cc(C(=O)Nc3ccc(C)c(-c4ccc5c(c4)Cc4ncncc4-5)c3)cc(C(F)(F)F)c2)cn1. The number of benzene rings is 3. The van der Waals surface area contributed by atoms with Crippen LogP contribution in [0.1, 0.15) is 38.4 Å². The largest absolute Gasteiger partial charge is 0.416 e. The molecule has 41 heavy (non-hydrogen) atoms. The van der Waals surface area contributed by atoms with Crippen LogP contribution in [0.25, 0.3) is 27.9 Å². The Morgan fingerprint density at radius 2 is 1.85 bits per heavy atom. The zero-order valence-corrected chi connectivity index (χ0v) is 22.3. The average molecular weight is 555 g/mol. The second-order valence-corrected chi connectivity index (χ2v) is 9.98. The molecule has 0 radical (unpaired) electrons. The van der Waals surface area contributed by atoms with Crippen molar-refractivity contribution in [1.29, 1.82) is 0 Å². The van der Waals surface area contributed by atoms with E-state index in [0.29, 0.717) is 24.3 Å². The molecule has 1 amide bonds. The lowest BCUT2D eigenvalue weighted by atomic mass is 9.96. The van der Waals surface area contributed by atoms with Crippen molar-refractivity contribution < 1.29 is 18.0 Å². The Hall–Kier alpha value is -4.83. The van der Waals surface area contributed by atoms with Gasteiger partial charge in [-0.2, -0.15) is 13.2 Å². The van der Waals surface area contributed by atoms with E-state index in [1.54, 1.807) is 25.6 Å². The third-order valence-electron chi connectivity index (χ3n) is 7.15. The van der Waals surface area contributed by atoms with Gasteiger partial charge in [0.2, 0.25) is 0 Å². The van der Waals surface area contributed by atoms with E-state index in [-0.39, 0.29) is 11.3 Å². The Balaban J connectivity index is 1.30. The first-order chi connectivity index (χ1) is 19.7. The minimum absolute atomic E-state index is 0.114. The third kappa shape index (κ3) is 5.21. The molecule has 0 saturated heterocycles. The molecule has 0 bridgehead atoms. The van der Waals surface area contributed by atoms with Gasteiger partial charge in [0, 0.05) is 47.9 Å². The first kappa shape index (κ1) is 26.4. The number of aromatic nitrogens is 4. The fourth-order valence-corrected chi connectivity index (χ4v) is 5.12. The standard InChI is InChI=1S/C31H25F3N6O/c1-18-3-5-23(12-27(18)19-4-6-26-20(7-19)10-29-28(26)14-36-16-37-29)39-30(41)21-8-22(31(32,33)34)11-25(9-21)40-15-24(13-35-2)38-17-40/h3-9,11-12,14-17,35H,10,13H2,1-2H3,(H,39,41). The van der Waals surface area contributed by atoms with Crippen LogP contribution in [0.3, 0.4) is 0 Å². The van der Waals surface area contributed by atoms with Gasteiger partial charge in [0.25, 0.3) is 5.91 Å². The number of nitrogens with one attached hydrogen (secondary N) is 2. The van der Waals surface area contributed by atoms with Crippen LogP contribution in [0.2, 0.25) is 0 Å². The molecular weight excluding hydrogens is 529 g/mol. The minimum atomic E-state index is -4.63. The Morgan fingerprint density at radius 1 is 1.00 bits per heavy atom. The number of carbonyl (C=O) groups is 1. The van der Waals surface area contributed by atoms with Crippen LogP contribution in [0.5, 0.6) is 0 Å². The minimum Gasteiger partial charge on any atom is -0.322 e. The second kappa shape index (κ2) is 10.3. The Kier molecular flexibility index (Phi) is 6.63. The van der Waals surface area contributed by atoms with Gasteiger partial charge in [-0.3, -0.25) is 4.79 Å². The predicted molar refractivity (Wildman–Crippen MR) is 150 cm³/mol. The van der Waals surface area contributed by atoms with E-state index in [4.69, 9.17) is 0 Å². The van der Waals surface area contributed by atoms with Gasteiger partial charge in [-0.25, -0.2) is 15.0 Å². The normalized spacial score (nSPS) is 12.2. The van der Waals surface area contributed by atoms with Crippen molar-refractivity contribution >= 4 is 11.6 Å². The number of hydrogen-bond donors (Lipinski definition) is 2. The molecule has 0 fully saturated rings. The van der Waals surface area contributed by atoms with E-state index in [2.05, 4.69) is 31.7 Å². The van der Waals surface area contributed by atoms with Crippen molar-refractivity contribution in [3.63, 3.8) is 0 Å². The summed E-state index contributed by atoms with van der Waals surface area (Å²) in [5.41, 5.74) is 7.42. The monoisotopic (exact) mass is 554 g/mol. The molecule has 1 aliphatic rings.